The van der Waals surface area contributed by atoms with E-state index in [-0.39, 0.29) is 0 Å². The zero-order valence-electron chi connectivity index (χ0n) is 11.6. The standard InChI is InChI=1S/C14H18N4O2/c1-3-6-10-12(15)14(18(2)17-10)20-11-8-5-4-7-9(11)13(16)19/h4-5,7-8H,3,6,15H2,1-2H3,(H2,16,19). The van der Waals surface area contributed by atoms with Crippen molar-refractivity contribution in [2.75, 3.05) is 5.73 Å². The van der Waals surface area contributed by atoms with Crippen LogP contribution in [0.15, 0.2) is 24.3 Å². The molecule has 6 heteroatoms. The van der Waals surface area contributed by atoms with Crippen LogP contribution < -0.4 is 16.2 Å². The van der Waals surface area contributed by atoms with Crippen molar-refractivity contribution in [2.24, 2.45) is 12.8 Å². The first-order chi connectivity index (χ1) is 9.54. The van der Waals surface area contributed by atoms with Gasteiger partial charge in [0.1, 0.15) is 11.4 Å². The number of carbonyl (C=O) groups excluding carboxylic acids is 1. The monoisotopic (exact) mass is 274 g/mol. The number of amides is 1. The van der Waals surface area contributed by atoms with E-state index in [2.05, 4.69) is 12.0 Å². The maximum absolute atomic E-state index is 11.4. The van der Waals surface area contributed by atoms with Gasteiger partial charge in [0, 0.05) is 7.05 Å². The van der Waals surface area contributed by atoms with Crippen LogP contribution >= 0.6 is 0 Å². The summed E-state index contributed by atoms with van der Waals surface area (Å²) in [4.78, 5) is 11.4. The minimum Gasteiger partial charge on any atom is -0.436 e. The quantitative estimate of drug-likeness (QED) is 0.869. The van der Waals surface area contributed by atoms with E-state index in [1.54, 1.807) is 36.0 Å². The fraction of sp³-hybridized carbons (Fsp3) is 0.286. The van der Waals surface area contributed by atoms with E-state index in [1.807, 2.05) is 0 Å². The van der Waals surface area contributed by atoms with Gasteiger partial charge in [0.25, 0.3) is 5.91 Å². The summed E-state index contributed by atoms with van der Waals surface area (Å²) in [6, 6.07) is 6.77. The smallest absolute Gasteiger partial charge is 0.252 e. The van der Waals surface area contributed by atoms with Gasteiger partial charge in [-0.15, -0.1) is 0 Å². The highest BCUT2D eigenvalue weighted by molar-refractivity contribution is 5.95. The molecule has 20 heavy (non-hydrogen) atoms. The van der Waals surface area contributed by atoms with Crippen molar-refractivity contribution >= 4 is 11.6 Å². The molecule has 0 aliphatic carbocycles. The highest BCUT2D eigenvalue weighted by Gasteiger charge is 2.17. The number of nitrogen functional groups attached to an aromatic ring is 1. The van der Waals surface area contributed by atoms with Gasteiger partial charge in [0.2, 0.25) is 5.88 Å². The van der Waals surface area contributed by atoms with Crippen molar-refractivity contribution < 1.29 is 9.53 Å². The molecule has 1 aromatic heterocycles. The number of aromatic nitrogens is 2. The molecule has 0 saturated heterocycles. The summed E-state index contributed by atoms with van der Waals surface area (Å²) in [7, 11) is 1.75. The van der Waals surface area contributed by atoms with Gasteiger partial charge in [-0.1, -0.05) is 25.5 Å². The average Bonchev–Trinajstić information content (AvgIpc) is 2.67. The first-order valence-electron chi connectivity index (χ1n) is 6.42. The molecule has 4 N–H and O–H groups in total. The Morgan fingerprint density at radius 2 is 2.10 bits per heavy atom. The Hall–Kier alpha value is -2.50. The zero-order chi connectivity index (χ0) is 14.7. The molecule has 0 aliphatic heterocycles. The number of rotatable bonds is 5. The van der Waals surface area contributed by atoms with Crippen molar-refractivity contribution in [3.05, 3.63) is 35.5 Å². The van der Waals surface area contributed by atoms with Gasteiger partial charge < -0.3 is 16.2 Å². The lowest BCUT2D eigenvalue weighted by molar-refractivity contribution is 0.0998. The topological polar surface area (TPSA) is 96.2 Å². The number of nitrogens with zero attached hydrogens (tertiary/aromatic N) is 2. The summed E-state index contributed by atoms with van der Waals surface area (Å²) >= 11 is 0. The minimum absolute atomic E-state index is 0.310. The molecule has 0 saturated carbocycles. The van der Waals surface area contributed by atoms with Gasteiger partial charge in [-0.05, 0) is 18.6 Å². The fourth-order valence-corrected chi connectivity index (χ4v) is 1.98. The molecule has 0 atom stereocenters. The Kier molecular flexibility index (Phi) is 3.93. The largest absolute Gasteiger partial charge is 0.436 e. The van der Waals surface area contributed by atoms with Crippen molar-refractivity contribution in [2.45, 2.75) is 19.8 Å². The normalized spacial score (nSPS) is 10.5. The lowest BCUT2D eigenvalue weighted by Crippen LogP contribution is -2.12. The molecule has 1 heterocycles. The third kappa shape index (κ3) is 2.59. The number of nitrogens with two attached hydrogens (primary N) is 2. The first kappa shape index (κ1) is 13.9. The van der Waals surface area contributed by atoms with E-state index in [4.69, 9.17) is 16.2 Å². The Balaban J connectivity index is 2.38. The summed E-state index contributed by atoms with van der Waals surface area (Å²) in [5.74, 6) is 0.245. The second-order valence-electron chi connectivity index (χ2n) is 4.50. The van der Waals surface area contributed by atoms with E-state index in [0.717, 1.165) is 18.5 Å². The van der Waals surface area contributed by atoms with Gasteiger partial charge in [-0.25, -0.2) is 4.68 Å². The molecule has 0 spiro atoms. The second-order valence-corrected chi connectivity index (χ2v) is 4.50. The van der Waals surface area contributed by atoms with Crippen LogP contribution in [0, 0.1) is 0 Å². The van der Waals surface area contributed by atoms with Crippen molar-refractivity contribution in [3.63, 3.8) is 0 Å². The molecule has 2 rings (SSSR count). The average molecular weight is 274 g/mol. The third-order valence-corrected chi connectivity index (χ3v) is 2.95. The Morgan fingerprint density at radius 1 is 1.40 bits per heavy atom. The second kappa shape index (κ2) is 5.64. The van der Waals surface area contributed by atoms with Crippen LogP contribution in [0.3, 0.4) is 0 Å². The summed E-state index contributed by atoms with van der Waals surface area (Å²) in [6.07, 6.45) is 1.72. The number of anilines is 1. The molecule has 0 radical (unpaired) electrons. The molecule has 6 nitrogen and oxygen atoms in total. The summed E-state index contributed by atoms with van der Waals surface area (Å²) in [6.45, 7) is 2.05. The molecular weight excluding hydrogens is 256 g/mol. The third-order valence-electron chi connectivity index (χ3n) is 2.95. The molecule has 0 unspecified atom stereocenters. The number of aryl methyl sites for hydroxylation is 2. The summed E-state index contributed by atoms with van der Waals surface area (Å²) < 4.78 is 7.30. The van der Waals surface area contributed by atoms with Crippen molar-refractivity contribution in [1.82, 2.24) is 9.78 Å². The van der Waals surface area contributed by atoms with Crippen LogP contribution in [0.1, 0.15) is 29.4 Å². The zero-order valence-corrected chi connectivity index (χ0v) is 11.6. The Bertz CT molecular complexity index is 634. The minimum atomic E-state index is -0.546. The number of hydrogen-bond acceptors (Lipinski definition) is 4. The Labute approximate surface area is 117 Å². The first-order valence-corrected chi connectivity index (χ1v) is 6.42. The maximum Gasteiger partial charge on any atom is 0.252 e. The number of ether oxygens (including phenoxy) is 1. The number of carbonyl (C=O) groups is 1. The van der Waals surface area contributed by atoms with Crippen LogP contribution in [0.5, 0.6) is 11.6 Å². The van der Waals surface area contributed by atoms with Gasteiger partial charge in [0.05, 0.1) is 11.3 Å². The van der Waals surface area contributed by atoms with Crippen LogP contribution in [-0.4, -0.2) is 15.7 Å². The van der Waals surface area contributed by atoms with Crippen molar-refractivity contribution in [3.8, 4) is 11.6 Å². The predicted octanol–water partition coefficient (Wildman–Crippen LogP) is 1.85. The highest BCUT2D eigenvalue weighted by Crippen LogP contribution is 2.31. The van der Waals surface area contributed by atoms with E-state index in [9.17, 15) is 4.79 Å². The molecule has 2 aromatic rings. The molecule has 106 valence electrons. The van der Waals surface area contributed by atoms with Gasteiger partial charge in [-0.2, -0.15) is 5.10 Å². The van der Waals surface area contributed by atoms with Crippen molar-refractivity contribution in [1.29, 1.82) is 0 Å². The van der Waals surface area contributed by atoms with Crippen LogP contribution in [-0.2, 0) is 13.5 Å². The molecule has 0 fully saturated rings. The van der Waals surface area contributed by atoms with Crippen LogP contribution in [0.4, 0.5) is 5.69 Å². The predicted molar refractivity (Wildman–Crippen MR) is 76.6 cm³/mol. The number of hydrogen-bond donors (Lipinski definition) is 2. The number of benzene rings is 1. The van der Waals surface area contributed by atoms with E-state index in [0.29, 0.717) is 22.9 Å². The summed E-state index contributed by atoms with van der Waals surface area (Å²) in [5, 5.41) is 4.32. The molecule has 0 aliphatic rings. The molecule has 1 aromatic carbocycles. The van der Waals surface area contributed by atoms with E-state index < -0.39 is 5.91 Å². The highest BCUT2D eigenvalue weighted by atomic mass is 16.5. The van der Waals surface area contributed by atoms with Crippen LogP contribution in [0.25, 0.3) is 0 Å². The SMILES string of the molecule is CCCc1nn(C)c(Oc2ccccc2C(N)=O)c1N. The number of para-hydroxylation sites is 1. The summed E-state index contributed by atoms with van der Waals surface area (Å²) in [5.41, 5.74) is 13.0. The lowest BCUT2D eigenvalue weighted by Gasteiger charge is -2.09. The van der Waals surface area contributed by atoms with Gasteiger partial charge in [-0.3, -0.25) is 4.79 Å². The van der Waals surface area contributed by atoms with Gasteiger partial charge >= 0.3 is 0 Å². The lowest BCUT2D eigenvalue weighted by atomic mass is 10.2. The Morgan fingerprint density at radius 3 is 2.75 bits per heavy atom. The van der Waals surface area contributed by atoms with E-state index >= 15 is 0 Å². The van der Waals surface area contributed by atoms with Gasteiger partial charge in [0.15, 0.2) is 0 Å². The van der Waals surface area contributed by atoms with Crippen LogP contribution in [0.2, 0.25) is 0 Å². The molecule has 0 bridgehead atoms. The fourth-order valence-electron chi connectivity index (χ4n) is 1.98. The van der Waals surface area contributed by atoms with E-state index in [1.165, 1.54) is 0 Å². The molecule has 1 amide bonds. The maximum atomic E-state index is 11.4. The molecular formula is C14H18N4O2. The number of primary amides is 1.